The van der Waals surface area contributed by atoms with Gasteiger partial charge in [-0.3, -0.25) is 4.79 Å². The van der Waals surface area contributed by atoms with Crippen LogP contribution in [0.4, 0.5) is 0 Å². The lowest BCUT2D eigenvalue weighted by molar-refractivity contribution is -0.133. The third-order valence-electron chi connectivity index (χ3n) is 4.12. The lowest BCUT2D eigenvalue weighted by atomic mass is 9.95. The third-order valence-corrected chi connectivity index (χ3v) is 5.41. The number of hydrogen-bond donors (Lipinski definition) is 1. The minimum atomic E-state index is -0.0520. The van der Waals surface area contributed by atoms with Crippen LogP contribution in [0.2, 0.25) is 0 Å². The van der Waals surface area contributed by atoms with E-state index in [0.29, 0.717) is 0 Å². The van der Waals surface area contributed by atoms with Crippen molar-refractivity contribution in [1.29, 1.82) is 0 Å². The van der Waals surface area contributed by atoms with Crippen LogP contribution in [0.3, 0.4) is 0 Å². The molecule has 3 rings (SSSR count). The molecule has 1 fully saturated rings. The molecular formula is C16H23ClN2OS. The Kier molecular flexibility index (Phi) is 5.23. The van der Waals surface area contributed by atoms with Gasteiger partial charge in [-0.25, -0.2) is 0 Å². The van der Waals surface area contributed by atoms with Crippen LogP contribution in [0.1, 0.15) is 25.0 Å². The fourth-order valence-corrected chi connectivity index (χ4v) is 4.17. The quantitative estimate of drug-likeness (QED) is 0.860. The van der Waals surface area contributed by atoms with E-state index in [1.807, 2.05) is 16.7 Å². The summed E-state index contributed by atoms with van der Waals surface area (Å²) in [6.45, 7) is 6.99. The van der Waals surface area contributed by atoms with Crippen molar-refractivity contribution in [3.05, 3.63) is 35.4 Å². The van der Waals surface area contributed by atoms with Gasteiger partial charge in [0, 0.05) is 30.1 Å². The van der Waals surface area contributed by atoms with Crippen LogP contribution in [0.25, 0.3) is 0 Å². The van der Waals surface area contributed by atoms with Gasteiger partial charge in [-0.1, -0.05) is 24.3 Å². The Morgan fingerprint density at radius 3 is 2.76 bits per heavy atom. The van der Waals surface area contributed by atoms with Gasteiger partial charge in [0.05, 0.1) is 6.04 Å². The number of carbonyl (C=O) groups excluding carboxylic acids is 1. The Bertz CT molecular complexity index is 521. The Hall–Kier alpha value is -0.710. The number of hydrogen-bond acceptors (Lipinski definition) is 3. The van der Waals surface area contributed by atoms with E-state index < -0.39 is 0 Å². The van der Waals surface area contributed by atoms with E-state index in [9.17, 15) is 4.79 Å². The van der Waals surface area contributed by atoms with Gasteiger partial charge >= 0.3 is 0 Å². The normalized spacial score (nSPS) is 23.9. The molecule has 0 radical (unpaired) electrons. The Morgan fingerprint density at radius 2 is 2.05 bits per heavy atom. The van der Waals surface area contributed by atoms with Gasteiger partial charge in [0.25, 0.3) is 0 Å². The first-order valence-corrected chi connectivity index (χ1v) is 8.27. The van der Waals surface area contributed by atoms with E-state index in [-0.39, 0.29) is 29.1 Å². The van der Waals surface area contributed by atoms with E-state index in [0.717, 1.165) is 31.8 Å². The highest BCUT2D eigenvalue weighted by atomic mass is 35.5. The van der Waals surface area contributed by atoms with Gasteiger partial charge < -0.3 is 10.2 Å². The number of thioether (sulfide) groups is 1. The number of nitrogens with one attached hydrogen (secondary N) is 1. The summed E-state index contributed by atoms with van der Waals surface area (Å²) in [5.74, 6) is 1.31. The minimum Gasteiger partial charge on any atom is -0.339 e. The van der Waals surface area contributed by atoms with E-state index in [4.69, 9.17) is 0 Å². The van der Waals surface area contributed by atoms with Crippen molar-refractivity contribution in [2.45, 2.75) is 37.6 Å². The zero-order valence-corrected chi connectivity index (χ0v) is 14.2. The first kappa shape index (κ1) is 16.7. The first-order valence-electron chi connectivity index (χ1n) is 7.28. The summed E-state index contributed by atoms with van der Waals surface area (Å²) in [6.07, 6.45) is 0.819. The molecule has 2 aliphatic heterocycles. The highest BCUT2D eigenvalue weighted by Crippen LogP contribution is 2.30. The largest absolute Gasteiger partial charge is 0.339 e. The Morgan fingerprint density at radius 1 is 1.33 bits per heavy atom. The predicted octanol–water partition coefficient (Wildman–Crippen LogP) is 2.48. The highest BCUT2D eigenvalue weighted by molar-refractivity contribution is 8.00. The lowest BCUT2D eigenvalue weighted by Gasteiger charge is -2.40. The second-order valence-corrected chi connectivity index (χ2v) is 8.08. The van der Waals surface area contributed by atoms with E-state index >= 15 is 0 Å². The third kappa shape index (κ3) is 3.74. The van der Waals surface area contributed by atoms with Gasteiger partial charge in [-0.2, -0.15) is 11.8 Å². The molecule has 1 atom stereocenters. The summed E-state index contributed by atoms with van der Waals surface area (Å²) >= 11 is 1.96. The van der Waals surface area contributed by atoms with Crippen LogP contribution < -0.4 is 5.32 Å². The minimum absolute atomic E-state index is 0. The number of nitrogens with zero attached hydrogens (tertiary/aromatic N) is 1. The van der Waals surface area contributed by atoms with Gasteiger partial charge in [-0.05, 0) is 31.4 Å². The summed E-state index contributed by atoms with van der Waals surface area (Å²) in [5, 5.41) is 3.40. The van der Waals surface area contributed by atoms with Gasteiger partial charge in [0.1, 0.15) is 0 Å². The predicted molar refractivity (Wildman–Crippen MR) is 91.1 cm³/mol. The van der Waals surface area contributed by atoms with Gasteiger partial charge in [0.15, 0.2) is 0 Å². The van der Waals surface area contributed by atoms with E-state index in [2.05, 4.69) is 43.4 Å². The van der Waals surface area contributed by atoms with Crippen LogP contribution in [0.15, 0.2) is 24.3 Å². The van der Waals surface area contributed by atoms with Crippen LogP contribution in [0.5, 0.6) is 0 Å². The molecule has 1 N–H and O–H groups in total. The van der Waals surface area contributed by atoms with Crippen molar-refractivity contribution in [3.63, 3.8) is 0 Å². The smallest absolute Gasteiger partial charge is 0.240 e. The average Bonchev–Trinajstić information content (AvgIpc) is 2.45. The maximum Gasteiger partial charge on any atom is 0.240 e. The highest BCUT2D eigenvalue weighted by Gasteiger charge is 2.34. The average molecular weight is 327 g/mol. The zero-order valence-electron chi connectivity index (χ0n) is 12.6. The molecule has 2 aliphatic rings. The molecule has 0 aromatic heterocycles. The molecule has 2 heterocycles. The maximum atomic E-state index is 12.7. The van der Waals surface area contributed by atoms with Crippen molar-refractivity contribution in [1.82, 2.24) is 10.2 Å². The van der Waals surface area contributed by atoms with Crippen molar-refractivity contribution in [2.75, 3.05) is 18.8 Å². The summed E-state index contributed by atoms with van der Waals surface area (Å²) in [4.78, 5) is 14.7. The molecule has 116 valence electrons. The van der Waals surface area contributed by atoms with Crippen molar-refractivity contribution >= 4 is 30.1 Å². The molecule has 5 heteroatoms. The van der Waals surface area contributed by atoms with E-state index in [1.54, 1.807) is 0 Å². The zero-order chi connectivity index (χ0) is 14.2. The number of rotatable bonds is 1. The lowest BCUT2D eigenvalue weighted by Crippen LogP contribution is -2.54. The number of benzene rings is 1. The van der Waals surface area contributed by atoms with Crippen molar-refractivity contribution in [2.24, 2.45) is 0 Å². The molecule has 1 amide bonds. The van der Waals surface area contributed by atoms with Crippen molar-refractivity contribution in [3.8, 4) is 0 Å². The molecule has 3 nitrogen and oxygen atoms in total. The Labute approximate surface area is 137 Å². The maximum absolute atomic E-state index is 12.7. The summed E-state index contributed by atoms with van der Waals surface area (Å²) in [5.41, 5.74) is 2.64. The van der Waals surface area contributed by atoms with Gasteiger partial charge in [-0.15, -0.1) is 12.4 Å². The van der Waals surface area contributed by atoms with Crippen LogP contribution in [0, 0.1) is 0 Å². The molecule has 21 heavy (non-hydrogen) atoms. The molecule has 1 unspecified atom stereocenters. The molecule has 0 saturated carbocycles. The summed E-state index contributed by atoms with van der Waals surface area (Å²) in [7, 11) is 0. The molecule has 0 aliphatic carbocycles. The number of halogens is 1. The standard InChI is InChI=1S/C16H22N2OS.ClH/c1-16(2)11-18(7-8-20-16)15(19)14-9-12-5-3-4-6-13(12)10-17-14;/h3-6,14,17H,7-11H2,1-2H3;1H. The van der Waals surface area contributed by atoms with Crippen LogP contribution in [-0.2, 0) is 17.8 Å². The second kappa shape index (κ2) is 6.59. The fourth-order valence-electron chi connectivity index (χ4n) is 3.05. The first-order chi connectivity index (χ1) is 9.55. The molecular weight excluding hydrogens is 304 g/mol. The monoisotopic (exact) mass is 326 g/mol. The molecule has 1 saturated heterocycles. The van der Waals surface area contributed by atoms with Crippen molar-refractivity contribution < 1.29 is 4.79 Å². The van der Waals surface area contributed by atoms with E-state index in [1.165, 1.54) is 11.1 Å². The van der Waals surface area contributed by atoms with Crippen LogP contribution in [-0.4, -0.2) is 40.4 Å². The van der Waals surface area contributed by atoms with Crippen LogP contribution >= 0.6 is 24.2 Å². The number of carbonyl (C=O) groups is 1. The second-order valence-electron chi connectivity index (χ2n) is 6.27. The van der Waals surface area contributed by atoms with Gasteiger partial charge in [0.2, 0.25) is 5.91 Å². The number of amides is 1. The SMILES string of the molecule is CC1(C)CN(C(=O)C2Cc3ccccc3CN2)CCS1.Cl. The number of fused-ring (bicyclic) bond motifs is 1. The summed E-state index contributed by atoms with van der Waals surface area (Å²) in [6, 6.07) is 8.36. The summed E-state index contributed by atoms with van der Waals surface area (Å²) < 4.78 is 0.181. The molecule has 1 aromatic carbocycles. The fraction of sp³-hybridized carbons (Fsp3) is 0.562. The Balaban J connectivity index is 0.00000161. The molecule has 0 spiro atoms. The topological polar surface area (TPSA) is 32.3 Å². The molecule has 0 bridgehead atoms. The molecule has 1 aromatic rings.